The van der Waals surface area contributed by atoms with E-state index in [9.17, 15) is 4.39 Å². The molecule has 0 bridgehead atoms. The molecule has 0 amide bonds. The molecule has 0 spiro atoms. The maximum absolute atomic E-state index is 13.2. The van der Waals surface area contributed by atoms with Gasteiger partial charge in [0.25, 0.3) is 0 Å². The highest BCUT2D eigenvalue weighted by atomic mass is 79.9. The Morgan fingerprint density at radius 3 is 2.29 bits per heavy atom. The van der Waals surface area contributed by atoms with Crippen molar-refractivity contribution in [1.82, 2.24) is 0 Å². The maximum atomic E-state index is 13.2. The first-order valence-electron chi connectivity index (χ1n) is 7.26. The van der Waals surface area contributed by atoms with Crippen LogP contribution in [0.3, 0.4) is 0 Å². The van der Waals surface area contributed by atoms with Crippen molar-refractivity contribution in [3.8, 4) is 0 Å². The van der Waals surface area contributed by atoms with Gasteiger partial charge in [0.2, 0.25) is 0 Å². The van der Waals surface area contributed by atoms with Crippen LogP contribution >= 0.6 is 15.9 Å². The van der Waals surface area contributed by atoms with Crippen LogP contribution in [-0.4, -0.2) is 0 Å². The summed E-state index contributed by atoms with van der Waals surface area (Å²) in [4.78, 5) is 0. The predicted octanol–water partition coefficient (Wildman–Crippen LogP) is 5.96. The molecule has 21 heavy (non-hydrogen) atoms. The van der Waals surface area contributed by atoms with Gasteiger partial charge in [-0.3, -0.25) is 0 Å². The van der Waals surface area contributed by atoms with E-state index in [0.717, 1.165) is 12.1 Å². The van der Waals surface area contributed by atoms with Crippen molar-refractivity contribution in [3.05, 3.63) is 63.9 Å². The molecule has 1 nitrogen and oxygen atoms in total. The topological polar surface area (TPSA) is 12.0 Å². The first-order valence-corrected chi connectivity index (χ1v) is 8.05. The highest BCUT2D eigenvalue weighted by Gasteiger charge is 2.07. The van der Waals surface area contributed by atoms with Gasteiger partial charge in [-0.15, -0.1) is 0 Å². The fourth-order valence-corrected chi connectivity index (χ4v) is 2.71. The third kappa shape index (κ3) is 4.57. The first-order chi connectivity index (χ1) is 9.95. The molecule has 0 fully saturated rings. The second-order valence-corrected chi connectivity index (χ2v) is 6.69. The zero-order chi connectivity index (χ0) is 15.4. The lowest BCUT2D eigenvalue weighted by molar-refractivity contribution is 0.621. The van der Waals surface area contributed by atoms with Crippen LogP contribution in [0.15, 0.2) is 46.9 Å². The van der Waals surface area contributed by atoms with E-state index in [1.165, 1.54) is 17.2 Å². The summed E-state index contributed by atoms with van der Waals surface area (Å²) >= 11 is 3.21. The van der Waals surface area contributed by atoms with E-state index in [0.29, 0.717) is 10.4 Å². The maximum Gasteiger partial charge on any atom is 0.137 e. The fourth-order valence-electron chi connectivity index (χ4n) is 2.33. The normalized spacial score (nSPS) is 12.5. The van der Waals surface area contributed by atoms with Crippen LogP contribution < -0.4 is 5.32 Å². The van der Waals surface area contributed by atoms with E-state index in [-0.39, 0.29) is 11.9 Å². The minimum absolute atomic E-state index is 0.176. The Morgan fingerprint density at radius 1 is 1.05 bits per heavy atom. The number of hydrogen-bond donors (Lipinski definition) is 1. The quantitative estimate of drug-likeness (QED) is 0.702. The molecular formula is C18H21BrFN. The van der Waals surface area contributed by atoms with Crippen LogP contribution in [0.4, 0.5) is 10.1 Å². The van der Waals surface area contributed by atoms with Crippen molar-refractivity contribution >= 4 is 21.6 Å². The third-order valence-electron chi connectivity index (χ3n) is 3.43. The van der Waals surface area contributed by atoms with Gasteiger partial charge < -0.3 is 5.32 Å². The lowest BCUT2D eigenvalue weighted by Crippen LogP contribution is -2.07. The molecule has 1 unspecified atom stereocenters. The van der Waals surface area contributed by atoms with Gasteiger partial charge in [-0.1, -0.05) is 38.1 Å². The number of hydrogen-bond acceptors (Lipinski definition) is 1. The van der Waals surface area contributed by atoms with Crippen LogP contribution in [0.5, 0.6) is 0 Å². The molecule has 1 atom stereocenters. The third-order valence-corrected chi connectivity index (χ3v) is 4.03. The molecule has 112 valence electrons. The lowest BCUT2D eigenvalue weighted by atomic mass is 10.00. The van der Waals surface area contributed by atoms with Crippen LogP contribution in [0.25, 0.3) is 0 Å². The predicted molar refractivity (Wildman–Crippen MR) is 91.1 cm³/mol. The average molecular weight is 350 g/mol. The summed E-state index contributed by atoms with van der Waals surface area (Å²) in [6.45, 7) is 6.56. The largest absolute Gasteiger partial charge is 0.378 e. The van der Waals surface area contributed by atoms with Crippen LogP contribution in [0.1, 0.15) is 37.9 Å². The van der Waals surface area contributed by atoms with Crippen molar-refractivity contribution in [2.24, 2.45) is 5.92 Å². The zero-order valence-electron chi connectivity index (χ0n) is 12.7. The van der Waals surface area contributed by atoms with Gasteiger partial charge in [0.05, 0.1) is 4.47 Å². The fraction of sp³-hybridized carbons (Fsp3) is 0.333. The van der Waals surface area contributed by atoms with Gasteiger partial charge in [-0.25, -0.2) is 4.39 Å². The summed E-state index contributed by atoms with van der Waals surface area (Å²) in [6.07, 6.45) is 1.10. The number of halogens is 2. The second-order valence-electron chi connectivity index (χ2n) is 5.83. The zero-order valence-corrected chi connectivity index (χ0v) is 14.2. The molecule has 0 aromatic heterocycles. The van der Waals surface area contributed by atoms with E-state index in [4.69, 9.17) is 0 Å². The minimum Gasteiger partial charge on any atom is -0.378 e. The number of anilines is 1. The van der Waals surface area contributed by atoms with Crippen LogP contribution in [0, 0.1) is 11.7 Å². The van der Waals surface area contributed by atoms with Gasteiger partial charge in [0, 0.05) is 11.7 Å². The molecule has 0 saturated heterocycles. The monoisotopic (exact) mass is 349 g/mol. The van der Waals surface area contributed by atoms with Crippen molar-refractivity contribution < 1.29 is 4.39 Å². The Hall–Kier alpha value is -1.35. The number of benzene rings is 2. The highest BCUT2D eigenvalue weighted by Crippen LogP contribution is 2.24. The molecule has 0 radical (unpaired) electrons. The molecule has 2 aromatic rings. The minimum atomic E-state index is -0.244. The van der Waals surface area contributed by atoms with Gasteiger partial charge >= 0.3 is 0 Å². The van der Waals surface area contributed by atoms with E-state index >= 15 is 0 Å². The molecule has 0 heterocycles. The standard InChI is InChI=1S/C18H21BrFN/c1-12(2)10-14-4-6-15(7-5-14)13(3)21-16-8-9-18(20)17(19)11-16/h4-9,11-13,21H,10H2,1-3H3. The van der Waals surface area contributed by atoms with E-state index in [1.807, 2.05) is 0 Å². The summed E-state index contributed by atoms with van der Waals surface area (Å²) in [6, 6.07) is 13.9. The van der Waals surface area contributed by atoms with Crippen LogP contribution in [0.2, 0.25) is 0 Å². The van der Waals surface area contributed by atoms with Gasteiger partial charge in [0.15, 0.2) is 0 Å². The molecule has 2 rings (SSSR count). The molecule has 1 N–H and O–H groups in total. The van der Waals surface area contributed by atoms with Gasteiger partial charge in [-0.05, 0) is 64.5 Å². The highest BCUT2D eigenvalue weighted by molar-refractivity contribution is 9.10. The van der Waals surface area contributed by atoms with Crippen molar-refractivity contribution in [2.45, 2.75) is 33.2 Å². The Labute approximate surface area is 134 Å². The van der Waals surface area contributed by atoms with Gasteiger partial charge in [0.1, 0.15) is 5.82 Å². The SMILES string of the molecule is CC(C)Cc1ccc(C(C)Nc2ccc(F)c(Br)c2)cc1. The smallest absolute Gasteiger partial charge is 0.137 e. The van der Waals surface area contributed by atoms with E-state index in [2.05, 4.69) is 66.3 Å². The number of rotatable bonds is 5. The molecule has 0 saturated carbocycles. The molecule has 0 aliphatic heterocycles. The summed E-state index contributed by atoms with van der Waals surface area (Å²) in [7, 11) is 0. The lowest BCUT2D eigenvalue weighted by Gasteiger charge is -2.17. The van der Waals surface area contributed by atoms with Crippen molar-refractivity contribution in [3.63, 3.8) is 0 Å². The second kappa shape index (κ2) is 7.08. The van der Waals surface area contributed by atoms with E-state index < -0.39 is 0 Å². The van der Waals surface area contributed by atoms with Gasteiger partial charge in [-0.2, -0.15) is 0 Å². The van der Waals surface area contributed by atoms with Crippen molar-refractivity contribution in [1.29, 1.82) is 0 Å². The van der Waals surface area contributed by atoms with Crippen LogP contribution in [-0.2, 0) is 6.42 Å². The molecule has 3 heteroatoms. The molecular weight excluding hydrogens is 329 g/mol. The Balaban J connectivity index is 2.05. The first kappa shape index (κ1) is 16.0. The Kier molecular flexibility index (Phi) is 5.40. The molecule has 0 aliphatic carbocycles. The summed E-state index contributed by atoms with van der Waals surface area (Å²) in [5, 5.41) is 3.39. The van der Waals surface area contributed by atoms with Crippen molar-refractivity contribution in [2.75, 3.05) is 5.32 Å². The average Bonchev–Trinajstić information content (AvgIpc) is 2.43. The molecule has 0 aliphatic rings. The summed E-state index contributed by atoms with van der Waals surface area (Å²) < 4.78 is 13.7. The number of nitrogens with one attached hydrogen (secondary N) is 1. The van der Waals surface area contributed by atoms with E-state index in [1.54, 1.807) is 12.1 Å². The molecule has 2 aromatic carbocycles. The summed E-state index contributed by atoms with van der Waals surface area (Å²) in [5.74, 6) is 0.425. The summed E-state index contributed by atoms with van der Waals surface area (Å²) in [5.41, 5.74) is 3.50. The Morgan fingerprint density at radius 2 is 1.71 bits per heavy atom. The Bertz CT molecular complexity index is 593.